The highest BCUT2D eigenvalue weighted by molar-refractivity contribution is 6.39. The van der Waals surface area contributed by atoms with Crippen LogP contribution >= 0.6 is 23.2 Å². The number of carbonyl (C=O) groups is 1. The third kappa shape index (κ3) is 3.08. The molecule has 4 nitrogen and oxygen atoms in total. The van der Waals surface area contributed by atoms with Crippen molar-refractivity contribution in [3.63, 3.8) is 0 Å². The highest BCUT2D eigenvalue weighted by atomic mass is 35.5. The van der Waals surface area contributed by atoms with Crippen LogP contribution in [0.15, 0.2) is 30.5 Å². The van der Waals surface area contributed by atoms with Crippen LogP contribution in [0.4, 0.5) is 5.69 Å². The molecule has 0 saturated carbocycles. The summed E-state index contributed by atoms with van der Waals surface area (Å²) < 4.78 is 1.59. The molecule has 0 fully saturated rings. The maximum Gasteiger partial charge on any atom is 0.249 e. The van der Waals surface area contributed by atoms with E-state index in [1.165, 1.54) is 0 Å². The molecule has 2 rings (SSSR count). The predicted molar refractivity (Wildman–Crippen MR) is 76.8 cm³/mol. The first kappa shape index (κ1) is 13.9. The Morgan fingerprint density at radius 2 is 1.95 bits per heavy atom. The Morgan fingerprint density at radius 3 is 2.47 bits per heavy atom. The van der Waals surface area contributed by atoms with Gasteiger partial charge in [0.15, 0.2) is 0 Å². The smallest absolute Gasteiger partial charge is 0.249 e. The summed E-state index contributed by atoms with van der Waals surface area (Å²) >= 11 is 12.0. The van der Waals surface area contributed by atoms with E-state index in [1.807, 2.05) is 13.0 Å². The molecular weight excluding hydrogens is 285 g/mol. The van der Waals surface area contributed by atoms with Crippen molar-refractivity contribution in [2.45, 2.75) is 19.9 Å². The molecule has 1 aromatic carbocycles. The zero-order valence-electron chi connectivity index (χ0n) is 10.5. The lowest BCUT2D eigenvalue weighted by atomic mass is 10.2. The molecule has 0 spiro atoms. The van der Waals surface area contributed by atoms with Crippen LogP contribution in [0.1, 0.15) is 18.7 Å². The first-order valence-corrected chi connectivity index (χ1v) is 6.51. The average Bonchev–Trinajstić information content (AvgIpc) is 2.79. The Morgan fingerprint density at radius 1 is 1.32 bits per heavy atom. The van der Waals surface area contributed by atoms with Gasteiger partial charge in [-0.05, 0) is 32.0 Å². The Kier molecular flexibility index (Phi) is 4.12. The number of aromatic nitrogens is 2. The minimum Gasteiger partial charge on any atom is -0.322 e. The number of hydrogen-bond acceptors (Lipinski definition) is 2. The topological polar surface area (TPSA) is 46.9 Å². The molecule has 0 bridgehead atoms. The van der Waals surface area contributed by atoms with E-state index < -0.39 is 6.04 Å². The highest BCUT2D eigenvalue weighted by Crippen LogP contribution is 2.30. The molecule has 19 heavy (non-hydrogen) atoms. The summed E-state index contributed by atoms with van der Waals surface area (Å²) in [5.74, 6) is -0.224. The quantitative estimate of drug-likeness (QED) is 0.939. The number of benzene rings is 1. The number of para-hydroxylation sites is 1. The summed E-state index contributed by atoms with van der Waals surface area (Å²) in [6, 6.07) is 6.46. The molecule has 100 valence electrons. The Bertz CT molecular complexity index is 589. The normalized spacial score (nSPS) is 12.2. The molecule has 0 radical (unpaired) electrons. The van der Waals surface area contributed by atoms with Gasteiger partial charge in [-0.2, -0.15) is 5.10 Å². The molecule has 1 aromatic heterocycles. The third-order valence-corrected chi connectivity index (χ3v) is 3.36. The van der Waals surface area contributed by atoms with Crippen LogP contribution in [-0.4, -0.2) is 15.7 Å². The zero-order chi connectivity index (χ0) is 14.0. The molecule has 1 heterocycles. The number of hydrogen-bond donors (Lipinski definition) is 1. The van der Waals surface area contributed by atoms with Gasteiger partial charge < -0.3 is 5.32 Å². The summed E-state index contributed by atoms with van der Waals surface area (Å²) in [7, 11) is 0. The predicted octanol–water partition coefficient (Wildman–Crippen LogP) is 3.70. The van der Waals surface area contributed by atoms with Gasteiger partial charge in [-0.25, -0.2) is 0 Å². The second-order valence-corrected chi connectivity index (χ2v) is 5.01. The van der Waals surface area contributed by atoms with E-state index in [2.05, 4.69) is 10.4 Å². The summed E-state index contributed by atoms with van der Waals surface area (Å²) in [5.41, 5.74) is 1.28. The summed E-state index contributed by atoms with van der Waals surface area (Å²) in [4.78, 5) is 12.1. The summed E-state index contributed by atoms with van der Waals surface area (Å²) in [6.45, 7) is 3.62. The molecular formula is C13H13Cl2N3O. The fourth-order valence-electron chi connectivity index (χ4n) is 1.61. The van der Waals surface area contributed by atoms with Crippen molar-refractivity contribution in [3.8, 4) is 0 Å². The first-order chi connectivity index (χ1) is 8.99. The number of anilines is 1. The van der Waals surface area contributed by atoms with Gasteiger partial charge in [0.05, 0.1) is 21.4 Å². The number of nitrogens with zero attached hydrogens (tertiary/aromatic N) is 2. The lowest BCUT2D eigenvalue weighted by Gasteiger charge is -2.14. The maximum atomic E-state index is 12.1. The fourth-order valence-corrected chi connectivity index (χ4v) is 2.11. The minimum absolute atomic E-state index is 0.224. The Labute approximate surface area is 121 Å². The molecule has 1 atom stereocenters. The van der Waals surface area contributed by atoms with Crippen LogP contribution in [-0.2, 0) is 4.79 Å². The monoisotopic (exact) mass is 297 g/mol. The average molecular weight is 298 g/mol. The molecule has 6 heteroatoms. The lowest BCUT2D eigenvalue weighted by molar-refractivity contribution is -0.119. The Balaban J connectivity index is 2.17. The molecule has 0 aliphatic rings. The number of carbonyl (C=O) groups excluding carboxylic acids is 1. The second-order valence-electron chi connectivity index (χ2n) is 4.20. The molecule has 1 unspecified atom stereocenters. The van der Waals surface area contributed by atoms with Crippen LogP contribution in [0.2, 0.25) is 10.0 Å². The summed E-state index contributed by atoms with van der Waals surface area (Å²) in [5, 5.41) is 7.74. The van der Waals surface area contributed by atoms with Gasteiger partial charge in [-0.1, -0.05) is 29.3 Å². The van der Waals surface area contributed by atoms with Crippen LogP contribution < -0.4 is 5.32 Å². The fraction of sp³-hybridized carbons (Fsp3) is 0.231. The SMILES string of the molecule is Cc1ccn(C(C)C(=O)Nc2c(Cl)cccc2Cl)n1. The molecule has 1 N–H and O–H groups in total. The van der Waals surface area contributed by atoms with E-state index in [-0.39, 0.29) is 5.91 Å². The van der Waals surface area contributed by atoms with E-state index in [0.717, 1.165) is 5.69 Å². The van der Waals surface area contributed by atoms with Crippen molar-refractivity contribution >= 4 is 34.8 Å². The van der Waals surface area contributed by atoms with E-state index in [0.29, 0.717) is 15.7 Å². The third-order valence-electron chi connectivity index (χ3n) is 2.73. The van der Waals surface area contributed by atoms with Gasteiger partial charge in [0, 0.05) is 6.20 Å². The molecule has 0 aliphatic heterocycles. The van der Waals surface area contributed by atoms with Crippen molar-refractivity contribution in [1.82, 2.24) is 9.78 Å². The van der Waals surface area contributed by atoms with Gasteiger partial charge in [0.1, 0.15) is 6.04 Å². The van der Waals surface area contributed by atoms with Gasteiger partial charge >= 0.3 is 0 Å². The van der Waals surface area contributed by atoms with E-state index >= 15 is 0 Å². The van der Waals surface area contributed by atoms with Crippen LogP contribution in [0, 0.1) is 6.92 Å². The molecule has 1 amide bonds. The number of aryl methyl sites for hydroxylation is 1. The van der Waals surface area contributed by atoms with Crippen LogP contribution in [0.3, 0.4) is 0 Å². The molecule has 0 aliphatic carbocycles. The van der Waals surface area contributed by atoms with E-state index in [4.69, 9.17) is 23.2 Å². The number of amides is 1. The van der Waals surface area contributed by atoms with Crippen molar-refractivity contribution < 1.29 is 4.79 Å². The molecule has 2 aromatic rings. The lowest BCUT2D eigenvalue weighted by Crippen LogP contribution is -2.24. The molecule has 0 saturated heterocycles. The largest absolute Gasteiger partial charge is 0.322 e. The van der Waals surface area contributed by atoms with Gasteiger partial charge in [0.2, 0.25) is 5.91 Å². The number of nitrogens with one attached hydrogen (secondary N) is 1. The standard InChI is InChI=1S/C13H13Cl2N3O/c1-8-6-7-18(17-8)9(2)13(19)16-12-10(14)4-3-5-11(12)15/h3-7,9H,1-2H3,(H,16,19). The Hall–Kier alpha value is -1.52. The van der Waals surface area contributed by atoms with Crippen molar-refractivity contribution in [2.24, 2.45) is 0 Å². The van der Waals surface area contributed by atoms with Gasteiger partial charge in [-0.15, -0.1) is 0 Å². The van der Waals surface area contributed by atoms with Crippen LogP contribution in [0.25, 0.3) is 0 Å². The number of rotatable bonds is 3. The van der Waals surface area contributed by atoms with Crippen molar-refractivity contribution in [3.05, 3.63) is 46.2 Å². The first-order valence-electron chi connectivity index (χ1n) is 5.75. The van der Waals surface area contributed by atoms with E-state index in [1.54, 1.807) is 36.0 Å². The number of halogens is 2. The van der Waals surface area contributed by atoms with E-state index in [9.17, 15) is 4.79 Å². The van der Waals surface area contributed by atoms with Crippen LogP contribution in [0.5, 0.6) is 0 Å². The zero-order valence-corrected chi connectivity index (χ0v) is 12.0. The van der Waals surface area contributed by atoms with Crippen molar-refractivity contribution in [2.75, 3.05) is 5.32 Å². The van der Waals surface area contributed by atoms with Crippen molar-refractivity contribution in [1.29, 1.82) is 0 Å². The highest BCUT2D eigenvalue weighted by Gasteiger charge is 2.18. The van der Waals surface area contributed by atoms with Gasteiger partial charge in [0.25, 0.3) is 0 Å². The summed E-state index contributed by atoms with van der Waals surface area (Å²) in [6.07, 6.45) is 1.76. The maximum absolute atomic E-state index is 12.1. The minimum atomic E-state index is -0.443. The second kappa shape index (κ2) is 5.63. The van der Waals surface area contributed by atoms with Gasteiger partial charge in [-0.3, -0.25) is 9.48 Å².